The van der Waals surface area contributed by atoms with Crippen molar-refractivity contribution >= 4 is 15.9 Å². The molecule has 1 heterocycles. The normalized spacial score (nSPS) is 10.4. The van der Waals surface area contributed by atoms with Crippen molar-refractivity contribution in [3.63, 3.8) is 0 Å². The van der Waals surface area contributed by atoms with Gasteiger partial charge in [-0.1, -0.05) is 28.1 Å². The van der Waals surface area contributed by atoms with Gasteiger partial charge in [0.2, 0.25) is 0 Å². The second-order valence-corrected chi connectivity index (χ2v) is 3.84. The van der Waals surface area contributed by atoms with Crippen molar-refractivity contribution in [1.29, 1.82) is 0 Å². The Bertz CT molecular complexity index is 514. The first-order valence-electron chi connectivity index (χ1n) is 4.68. The number of alkyl halides is 1. The van der Waals surface area contributed by atoms with Gasteiger partial charge in [0.25, 0.3) is 0 Å². The topological polar surface area (TPSA) is 12.9 Å². The molecule has 0 bridgehead atoms. The molecule has 0 aliphatic rings. The van der Waals surface area contributed by atoms with Crippen LogP contribution in [-0.2, 0) is 5.33 Å². The molecule has 0 N–H and O–H groups in total. The van der Waals surface area contributed by atoms with Crippen molar-refractivity contribution in [1.82, 2.24) is 4.98 Å². The first-order valence-corrected chi connectivity index (χ1v) is 5.80. The molecule has 0 aliphatic carbocycles. The van der Waals surface area contributed by atoms with Crippen LogP contribution >= 0.6 is 15.9 Å². The van der Waals surface area contributed by atoms with Gasteiger partial charge in [-0.05, 0) is 24.3 Å². The van der Waals surface area contributed by atoms with Crippen molar-refractivity contribution in [2.24, 2.45) is 0 Å². The molecule has 82 valence electrons. The lowest BCUT2D eigenvalue weighted by Crippen LogP contribution is -1.93. The molecule has 1 aromatic carbocycles. The molecule has 0 aliphatic heterocycles. The number of hydrogen-bond acceptors (Lipinski definition) is 1. The number of aromatic nitrogens is 1. The zero-order chi connectivity index (χ0) is 11.5. The predicted octanol–water partition coefficient (Wildman–Crippen LogP) is 3.92. The van der Waals surface area contributed by atoms with Crippen molar-refractivity contribution in [2.45, 2.75) is 5.33 Å². The molecular weight excluding hydrogens is 276 g/mol. The third-order valence-electron chi connectivity index (χ3n) is 2.14. The number of hydrogen-bond donors (Lipinski definition) is 0. The van der Waals surface area contributed by atoms with E-state index in [2.05, 4.69) is 20.9 Å². The predicted molar refractivity (Wildman–Crippen MR) is 62.2 cm³/mol. The summed E-state index contributed by atoms with van der Waals surface area (Å²) in [6.07, 6.45) is 0. The van der Waals surface area contributed by atoms with Crippen molar-refractivity contribution in [3.8, 4) is 11.3 Å². The van der Waals surface area contributed by atoms with Crippen LogP contribution in [-0.4, -0.2) is 4.98 Å². The highest BCUT2D eigenvalue weighted by Gasteiger charge is 2.08. The lowest BCUT2D eigenvalue weighted by Gasteiger charge is -2.04. The molecule has 0 amide bonds. The molecule has 1 aromatic heterocycles. The van der Waals surface area contributed by atoms with Crippen LogP contribution < -0.4 is 0 Å². The largest absolute Gasteiger partial charge is 0.249 e. The molecule has 4 heteroatoms. The van der Waals surface area contributed by atoms with Crippen molar-refractivity contribution < 1.29 is 8.78 Å². The van der Waals surface area contributed by atoms with Crippen LogP contribution in [0.25, 0.3) is 11.3 Å². The monoisotopic (exact) mass is 283 g/mol. The molecule has 0 radical (unpaired) electrons. The van der Waals surface area contributed by atoms with Gasteiger partial charge in [-0.2, -0.15) is 0 Å². The van der Waals surface area contributed by atoms with Gasteiger partial charge in [-0.25, -0.2) is 13.8 Å². The van der Waals surface area contributed by atoms with Gasteiger partial charge in [0.15, 0.2) is 0 Å². The zero-order valence-electron chi connectivity index (χ0n) is 8.25. The van der Waals surface area contributed by atoms with Gasteiger partial charge < -0.3 is 0 Å². The van der Waals surface area contributed by atoms with Crippen molar-refractivity contribution in [3.05, 3.63) is 53.7 Å². The zero-order valence-corrected chi connectivity index (χ0v) is 9.84. The van der Waals surface area contributed by atoms with Gasteiger partial charge in [0, 0.05) is 10.9 Å². The van der Waals surface area contributed by atoms with E-state index < -0.39 is 11.6 Å². The number of halogens is 3. The van der Waals surface area contributed by atoms with Crippen LogP contribution in [0.1, 0.15) is 5.69 Å². The molecule has 0 saturated heterocycles. The Labute approximate surface area is 100 Å². The van der Waals surface area contributed by atoms with Gasteiger partial charge in [0.1, 0.15) is 17.3 Å². The summed E-state index contributed by atoms with van der Waals surface area (Å²) in [5.41, 5.74) is 1.33. The summed E-state index contributed by atoms with van der Waals surface area (Å²) in [5, 5.41) is 0.537. The first-order chi connectivity index (χ1) is 7.70. The Morgan fingerprint density at radius 1 is 1.12 bits per heavy atom. The van der Waals surface area contributed by atoms with Gasteiger partial charge in [-0.3, -0.25) is 0 Å². The van der Waals surface area contributed by atoms with E-state index in [1.54, 1.807) is 12.1 Å². The molecule has 0 atom stereocenters. The smallest absolute Gasteiger partial charge is 0.149 e. The molecule has 0 saturated carbocycles. The van der Waals surface area contributed by atoms with E-state index in [4.69, 9.17) is 0 Å². The minimum Gasteiger partial charge on any atom is -0.249 e. The van der Waals surface area contributed by atoms with Crippen LogP contribution in [0.3, 0.4) is 0 Å². The van der Waals surface area contributed by atoms with Crippen LogP contribution in [0.5, 0.6) is 0 Å². The summed E-state index contributed by atoms with van der Waals surface area (Å²) in [6, 6.07) is 8.68. The molecule has 1 nitrogen and oxygen atoms in total. The fourth-order valence-corrected chi connectivity index (χ4v) is 1.71. The van der Waals surface area contributed by atoms with Crippen LogP contribution in [0, 0.1) is 11.6 Å². The average molecular weight is 284 g/mol. The molecule has 2 rings (SSSR count). The first kappa shape index (κ1) is 11.2. The van der Waals surface area contributed by atoms with Crippen LogP contribution in [0.2, 0.25) is 0 Å². The van der Waals surface area contributed by atoms with Gasteiger partial charge in [-0.15, -0.1) is 0 Å². The van der Waals surface area contributed by atoms with Gasteiger partial charge >= 0.3 is 0 Å². The molecule has 16 heavy (non-hydrogen) atoms. The lowest BCUT2D eigenvalue weighted by molar-refractivity contribution is 0.620. The summed E-state index contributed by atoms with van der Waals surface area (Å²) >= 11 is 3.24. The maximum absolute atomic E-state index is 13.5. The minimum atomic E-state index is -0.449. The van der Waals surface area contributed by atoms with Crippen molar-refractivity contribution in [2.75, 3.05) is 0 Å². The van der Waals surface area contributed by atoms with E-state index in [-0.39, 0.29) is 5.69 Å². The fraction of sp³-hybridized carbons (Fsp3) is 0.0833. The van der Waals surface area contributed by atoms with E-state index >= 15 is 0 Å². The quantitative estimate of drug-likeness (QED) is 0.762. The summed E-state index contributed by atoms with van der Waals surface area (Å²) in [5.74, 6) is -0.849. The van der Waals surface area contributed by atoms with E-state index in [9.17, 15) is 8.78 Å². The third kappa shape index (κ3) is 2.27. The number of nitrogens with zero attached hydrogens (tertiary/aromatic N) is 1. The number of benzene rings is 1. The maximum atomic E-state index is 13.5. The fourth-order valence-electron chi connectivity index (χ4n) is 1.40. The Hall–Kier alpha value is -1.29. The molecular formula is C12H8BrF2N. The Morgan fingerprint density at radius 3 is 2.62 bits per heavy atom. The SMILES string of the molecule is Fc1cccc(-c2nc(CBr)ccc2F)c1. The summed E-state index contributed by atoms with van der Waals surface area (Å²) in [7, 11) is 0. The van der Waals surface area contributed by atoms with Crippen LogP contribution in [0.15, 0.2) is 36.4 Å². The van der Waals surface area contributed by atoms with E-state index in [1.807, 2.05) is 0 Å². The molecule has 0 fully saturated rings. The van der Waals surface area contributed by atoms with Gasteiger partial charge in [0.05, 0.1) is 5.69 Å². The third-order valence-corrected chi connectivity index (χ3v) is 2.71. The molecule has 0 spiro atoms. The second-order valence-electron chi connectivity index (χ2n) is 3.28. The van der Waals surface area contributed by atoms with E-state index in [1.165, 1.54) is 24.3 Å². The standard InChI is InChI=1S/C12H8BrF2N/c13-7-10-4-5-11(15)12(16-10)8-2-1-3-9(14)6-8/h1-6H,7H2. The highest BCUT2D eigenvalue weighted by atomic mass is 79.9. The Balaban J connectivity index is 2.54. The lowest BCUT2D eigenvalue weighted by atomic mass is 10.1. The van der Waals surface area contributed by atoms with E-state index in [0.717, 1.165) is 0 Å². The summed E-state index contributed by atoms with van der Waals surface area (Å²) in [6.45, 7) is 0. The molecule has 0 unspecified atom stereocenters. The highest BCUT2D eigenvalue weighted by Crippen LogP contribution is 2.22. The Kier molecular flexibility index (Phi) is 3.29. The minimum absolute atomic E-state index is 0.177. The summed E-state index contributed by atoms with van der Waals surface area (Å²) in [4.78, 5) is 4.11. The van der Waals surface area contributed by atoms with Crippen LogP contribution in [0.4, 0.5) is 8.78 Å². The average Bonchev–Trinajstić information content (AvgIpc) is 2.30. The van der Waals surface area contributed by atoms with E-state index in [0.29, 0.717) is 16.6 Å². The maximum Gasteiger partial charge on any atom is 0.149 e. The summed E-state index contributed by atoms with van der Waals surface area (Å²) < 4.78 is 26.5. The second kappa shape index (κ2) is 4.70. The highest BCUT2D eigenvalue weighted by molar-refractivity contribution is 9.08. The number of rotatable bonds is 2. The molecule has 2 aromatic rings. The Morgan fingerprint density at radius 2 is 1.94 bits per heavy atom. The number of pyridine rings is 1.